The monoisotopic (exact) mass is 254 g/mol. The first-order valence-electron chi connectivity index (χ1n) is 5.04. The van der Waals surface area contributed by atoms with Gasteiger partial charge in [0, 0.05) is 0 Å². The highest BCUT2D eigenvalue weighted by atomic mass is 16.8. The Bertz CT molecular complexity index is 442. The topological polar surface area (TPSA) is 113 Å². The van der Waals surface area contributed by atoms with Crippen molar-refractivity contribution in [1.82, 2.24) is 0 Å². The molecule has 0 radical (unpaired) electrons. The highest BCUT2D eigenvalue weighted by Gasteiger charge is 2.45. The number of esters is 2. The number of benzene rings is 1. The Morgan fingerprint density at radius 3 is 1.78 bits per heavy atom. The van der Waals surface area contributed by atoms with Gasteiger partial charge in [0.15, 0.2) is 6.10 Å². The first-order chi connectivity index (χ1) is 8.46. The van der Waals surface area contributed by atoms with E-state index in [-0.39, 0.29) is 11.1 Å². The van der Waals surface area contributed by atoms with E-state index in [9.17, 15) is 19.8 Å². The molecule has 1 atom stereocenters. The zero-order valence-electron chi connectivity index (χ0n) is 9.07. The Hall–Kier alpha value is -1.96. The molecular weight excluding hydrogens is 244 g/mol. The number of hydrogen-bond acceptors (Lipinski definition) is 7. The van der Waals surface area contributed by atoms with Gasteiger partial charge in [0.1, 0.15) is 0 Å². The molecule has 3 N–H and O–H groups in total. The van der Waals surface area contributed by atoms with Gasteiger partial charge in [-0.1, -0.05) is 0 Å². The summed E-state index contributed by atoms with van der Waals surface area (Å²) in [5, 5.41) is 27.9. The standard InChI is InChI=1S/C11H10O7/c12-5-8(13)11(16)17-9(14)6-1-2-7(4-3-6)10(15)18-11/h1-4,8,12-13,16H,5H2. The number of ether oxygens (including phenoxy) is 2. The van der Waals surface area contributed by atoms with E-state index >= 15 is 0 Å². The first kappa shape index (κ1) is 12.5. The highest BCUT2D eigenvalue weighted by Crippen LogP contribution is 2.22. The van der Waals surface area contributed by atoms with Crippen molar-refractivity contribution in [2.45, 2.75) is 12.1 Å². The number of aliphatic hydroxyl groups excluding tert-OH is 2. The van der Waals surface area contributed by atoms with Crippen LogP contribution >= 0.6 is 0 Å². The van der Waals surface area contributed by atoms with Crippen LogP contribution in [0, 0.1) is 0 Å². The summed E-state index contributed by atoms with van der Waals surface area (Å²) >= 11 is 0. The lowest BCUT2D eigenvalue weighted by Gasteiger charge is -2.29. The average Bonchev–Trinajstić information content (AvgIpc) is 2.43. The van der Waals surface area contributed by atoms with Crippen molar-refractivity contribution < 1.29 is 34.4 Å². The molecule has 2 heterocycles. The molecule has 0 amide bonds. The van der Waals surface area contributed by atoms with Crippen LogP contribution in [0.15, 0.2) is 24.3 Å². The molecule has 1 unspecified atom stereocenters. The van der Waals surface area contributed by atoms with Crippen LogP contribution in [0.2, 0.25) is 0 Å². The molecule has 7 nitrogen and oxygen atoms in total. The van der Waals surface area contributed by atoms with Crippen LogP contribution in [0.25, 0.3) is 0 Å². The molecule has 0 spiro atoms. The Labute approximate surface area is 101 Å². The largest absolute Gasteiger partial charge is 0.403 e. The second-order valence-corrected chi connectivity index (χ2v) is 3.69. The minimum atomic E-state index is -2.92. The zero-order valence-corrected chi connectivity index (χ0v) is 9.07. The molecule has 1 aromatic carbocycles. The zero-order chi connectivity index (χ0) is 13.3. The van der Waals surface area contributed by atoms with Crippen molar-refractivity contribution in [1.29, 1.82) is 0 Å². The molecule has 3 rings (SSSR count). The predicted octanol–water partition coefficient (Wildman–Crippen LogP) is -0.987. The number of rotatable bonds is 2. The molecule has 0 aliphatic carbocycles. The van der Waals surface area contributed by atoms with E-state index in [1.165, 1.54) is 24.3 Å². The van der Waals surface area contributed by atoms with E-state index in [4.69, 9.17) is 5.11 Å². The van der Waals surface area contributed by atoms with Crippen LogP contribution in [-0.4, -0.2) is 45.9 Å². The normalized spacial score (nSPS) is 19.3. The third-order valence-electron chi connectivity index (χ3n) is 2.43. The molecule has 0 saturated heterocycles. The lowest BCUT2D eigenvalue weighted by Crippen LogP contribution is -2.51. The van der Waals surface area contributed by atoms with Crippen molar-refractivity contribution in [2.75, 3.05) is 6.61 Å². The number of aliphatic hydroxyl groups is 3. The summed E-state index contributed by atoms with van der Waals surface area (Å²) in [6.45, 7) is -0.956. The minimum absolute atomic E-state index is 0.0700. The fourth-order valence-electron chi connectivity index (χ4n) is 1.40. The van der Waals surface area contributed by atoms with Crippen LogP contribution in [0.5, 0.6) is 0 Å². The maximum Gasteiger partial charge on any atom is 0.403 e. The second kappa shape index (κ2) is 4.37. The fourth-order valence-corrected chi connectivity index (χ4v) is 1.40. The third-order valence-corrected chi connectivity index (χ3v) is 2.43. The maximum absolute atomic E-state index is 11.6. The average molecular weight is 254 g/mol. The second-order valence-electron chi connectivity index (χ2n) is 3.69. The summed E-state index contributed by atoms with van der Waals surface area (Å²) in [7, 11) is 0. The lowest BCUT2D eigenvalue weighted by molar-refractivity contribution is -0.349. The summed E-state index contributed by atoms with van der Waals surface area (Å²) in [5.41, 5.74) is 0.140. The quantitative estimate of drug-likeness (QED) is 0.581. The lowest BCUT2D eigenvalue weighted by atomic mass is 10.1. The summed E-state index contributed by atoms with van der Waals surface area (Å²) in [6.07, 6.45) is -1.97. The van der Waals surface area contributed by atoms with Crippen molar-refractivity contribution in [3.8, 4) is 0 Å². The fraction of sp³-hybridized carbons (Fsp3) is 0.273. The highest BCUT2D eigenvalue weighted by molar-refractivity contribution is 5.94. The molecule has 0 fully saturated rings. The third kappa shape index (κ3) is 2.06. The molecule has 1 aromatic rings. The predicted molar refractivity (Wildman–Crippen MR) is 55.3 cm³/mol. The summed E-state index contributed by atoms with van der Waals surface area (Å²) in [5.74, 6) is -4.91. The Morgan fingerprint density at radius 1 is 1.06 bits per heavy atom. The van der Waals surface area contributed by atoms with Crippen LogP contribution in [-0.2, 0) is 9.47 Å². The van der Waals surface area contributed by atoms with E-state index in [0.29, 0.717) is 0 Å². The summed E-state index contributed by atoms with van der Waals surface area (Å²) < 4.78 is 9.05. The van der Waals surface area contributed by atoms with Crippen LogP contribution in [0.3, 0.4) is 0 Å². The van der Waals surface area contributed by atoms with E-state index in [0.717, 1.165) is 0 Å². The summed E-state index contributed by atoms with van der Waals surface area (Å²) in [6, 6.07) is 5.26. The van der Waals surface area contributed by atoms with E-state index < -0.39 is 30.6 Å². The van der Waals surface area contributed by atoms with Crippen molar-refractivity contribution >= 4 is 11.9 Å². The number of hydrogen-bond donors (Lipinski definition) is 3. The van der Waals surface area contributed by atoms with Gasteiger partial charge in [-0.05, 0) is 24.3 Å². The molecule has 18 heavy (non-hydrogen) atoms. The molecule has 7 heteroatoms. The van der Waals surface area contributed by atoms with Gasteiger partial charge >= 0.3 is 17.9 Å². The SMILES string of the molecule is O=C1OC(O)(C(O)CO)OC(=O)c2ccc1cc2. The maximum atomic E-state index is 11.6. The smallest absolute Gasteiger partial charge is 0.393 e. The van der Waals surface area contributed by atoms with Gasteiger partial charge in [0.05, 0.1) is 17.7 Å². The van der Waals surface area contributed by atoms with E-state index in [1.54, 1.807) is 0 Å². The van der Waals surface area contributed by atoms with Crippen LogP contribution in [0.4, 0.5) is 0 Å². The Kier molecular flexibility index (Phi) is 3.04. The Morgan fingerprint density at radius 2 is 1.44 bits per heavy atom. The summed E-state index contributed by atoms with van der Waals surface area (Å²) in [4.78, 5) is 23.2. The number of carbonyl (C=O) groups is 2. The van der Waals surface area contributed by atoms with Gasteiger partial charge in [0.25, 0.3) is 0 Å². The van der Waals surface area contributed by atoms with Crippen LogP contribution in [0.1, 0.15) is 20.7 Å². The number of fused-ring (bicyclic) bond motifs is 6. The molecule has 2 aliphatic heterocycles. The van der Waals surface area contributed by atoms with Gasteiger partial charge in [-0.25, -0.2) is 9.59 Å². The van der Waals surface area contributed by atoms with Crippen molar-refractivity contribution in [3.05, 3.63) is 35.4 Å². The Balaban J connectivity index is 2.43. The van der Waals surface area contributed by atoms with Crippen molar-refractivity contribution in [2.24, 2.45) is 0 Å². The molecule has 2 bridgehead atoms. The molecule has 96 valence electrons. The molecule has 0 aromatic heterocycles. The van der Waals surface area contributed by atoms with E-state index in [1.807, 2.05) is 0 Å². The number of carbonyl (C=O) groups excluding carboxylic acids is 2. The van der Waals surface area contributed by atoms with Gasteiger partial charge < -0.3 is 24.8 Å². The van der Waals surface area contributed by atoms with Crippen molar-refractivity contribution in [3.63, 3.8) is 0 Å². The molecule has 2 aliphatic rings. The first-order valence-corrected chi connectivity index (χ1v) is 5.04. The van der Waals surface area contributed by atoms with Gasteiger partial charge in [0.2, 0.25) is 0 Å². The van der Waals surface area contributed by atoms with Gasteiger partial charge in [-0.15, -0.1) is 0 Å². The van der Waals surface area contributed by atoms with Gasteiger partial charge in [-0.2, -0.15) is 0 Å². The minimum Gasteiger partial charge on any atom is -0.393 e. The van der Waals surface area contributed by atoms with Crippen LogP contribution < -0.4 is 0 Å². The molecule has 0 saturated carbocycles. The van der Waals surface area contributed by atoms with Gasteiger partial charge in [-0.3, -0.25) is 0 Å². The molecular formula is C11H10O7. The van der Waals surface area contributed by atoms with E-state index in [2.05, 4.69) is 9.47 Å².